The van der Waals surface area contributed by atoms with Gasteiger partial charge in [0.1, 0.15) is 5.01 Å². The van der Waals surface area contributed by atoms with E-state index in [4.69, 9.17) is 0 Å². The fourth-order valence-corrected chi connectivity index (χ4v) is 4.41. The summed E-state index contributed by atoms with van der Waals surface area (Å²) in [7, 11) is 1.89. The summed E-state index contributed by atoms with van der Waals surface area (Å²) in [6, 6.07) is 6.23. The second-order valence-corrected chi connectivity index (χ2v) is 8.02. The molecular formula is C19H23ClN6OS. The Bertz CT molecular complexity index is 984. The van der Waals surface area contributed by atoms with E-state index in [-0.39, 0.29) is 30.2 Å². The van der Waals surface area contributed by atoms with Crippen molar-refractivity contribution in [1.82, 2.24) is 25.3 Å². The number of nitrogens with zero attached hydrogens (tertiary/aromatic N) is 4. The zero-order valence-corrected chi connectivity index (χ0v) is 17.6. The SMILES string of the molecule is Cc1ccc(-c2nnc(NC(=O)[C@H]3CNC[C@@H]3c3cnn(C)c3)s2)c(C)c1.Cl. The molecule has 1 aromatic carbocycles. The number of carbonyl (C=O) groups is 1. The lowest BCUT2D eigenvalue weighted by Gasteiger charge is -2.15. The maximum atomic E-state index is 12.8. The van der Waals surface area contributed by atoms with Crippen molar-refractivity contribution in [2.24, 2.45) is 13.0 Å². The molecule has 3 heterocycles. The van der Waals surface area contributed by atoms with Crippen molar-refractivity contribution in [3.8, 4) is 10.6 Å². The van der Waals surface area contributed by atoms with Crippen LogP contribution in [0, 0.1) is 19.8 Å². The Morgan fingerprint density at radius 1 is 1.29 bits per heavy atom. The summed E-state index contributed by atoms with van der Waals surface area (Å²) >= 11 is 1.40. The van der Waals surface area contributed by atoms with Crippen LogP contribution in [0.4, 0.5) is 5.13 Å². The normalized spacial score (nSPS) is 18.7. The van der Waals surface area contributed by atoms with E-state index in [9.17, 15) is 4.79 Å². The van der Waals surface area contributed by atoms with Gasteiger partial charge in [0.05, 0.1) is 12.1 Å². The highest BCUT2D eigenvalue weighted by Crippen LogP contribution is 2.32. The summed E-state index contributed by atoms with van der Waals surface area (Å²) in [6.07, 6.45) is 3.81. The number of aromatic nitrogens is 4. The summed E-state index contributed by atoms with van der Waals surface area (Å²) in [4.78, 5) is 12.8. The van der Waals surface area contributed by atoms with E-state index in [0.717, 1.165) is 28.2 Å². The number of halogens is 1. The van der Waals surface area contributed by atoms with Crippen LogP contribution in [0.25, 0.3) is 10.6 Å². The average molecular weight is 419 g/mol. The molecule has 0 radical (unpaired) electrons. The van der Waals surface area contributed by atoms with E-state index >= 15 is 0 Å². The molecule has 9 heteroatoms. The molecule has 1 saturated heterocycles. The maximum Gasteiger partial charge on any atom is 0.231 e. The molecule has 1 fully saturated rings. The minimum atomic E-state index is -0.150. The highest BCUT2D eigenvalue weighted by molar-refractivity contribution is 7.18. The zero-order chi connectivity index (χ0) is 19.0. The topological polar surface area (TPSA) is 84.7 Å². The Morgan fingerprint density at radius 3 is 2.82 bits per heavy atom. The van der Waals surface area contributed by atoms with Crippen molar-refractivity contribution in [1.29, 1.82) is 0 Å². The first-order chi connectivity index (χ1) is 13.0. The van der Waals surface area contributed by atoms with Gasteiger partial charge >= 0.3 is 0 Å². The number of aryl methyl sites for hydroxylation is 3. The van der Waals surface area contributed by atoms with Crippen LogP contribution < -0.4 is 10.6 Å². The monoisotopic (exact) mass is 418 g/mol. The van der Waals surface area contributed by atoms with E-state index in [0.29, 0.717) is 11.7 Å². The van der Waals surface area contributed by atoms with Gasteiger partial charge in [-0.2, -0.15) is 5.10 Å². The summed E-state index contributed by atoms with van der Waals surface area (Å²) in [5.74, 6) is -0.0646. The number of nitrogens with one attached hydrogen (secondary N) is 2. The molecule has 0 bridgehead atoms. The van der Waals surface area contributed by atoms with Crippen LogP contribution >= 0.6 is 23.7 Å². The fraction of sp³-hybridized carbons (Fsp3) is 0.368. The molecule has 28 heavy (non-hydrogen) atoms. The van der Waals surface area contributed by atoms with Gasteiger partial charge in [0.2, 0.25) is 11.0 Å². The molecule has 3 aromatic rings. The maximum absolute atomic E-state index is 12.8. The van der Waals surface area contributed by atoms with Gasteiger partial charge in [-0.3, -0.25) is 9.48 Å². The quantitative estimate of drug-likeness (QED) is 0.680. The van der Waals surface area contributed by atoms with Crippen molar-refractivity contribution in [3.63, 3.8) is 0 Å². The van der Waals surface area contributed by atoms with Crippen LogP contribution in [0.2, 0.25) is 0 Å². The first-order valence-electron chi connectivity index (χ1n) is 8.92. The van der Waals surface area contributed by atoms with Crippen molar-refractivity contribution in [3.05, 3.63) is 47.3 Å². The van der Waals surface area contributed by atoms with Gasteiger partial charge in [0.15, 0.2) is 0 Å². The standard InChI is InChI=1S/C19H22N6OS.ClH/c1-11-4-5-14(12(2)6-11)18-23-24-19(27-18)22-17(26)16-9-20-8-15(16)13-7-21-25(3)10-13;/h4-7,10,15-16,20H,8-9H2,1-3H3,(H,22,24,26);1H/t15-,16+;/m1./s1. The summed E-state index contributed by atoms with van der Waals surface area (Å²) in [6.45, 7) is 5.54. The van der Waals surface area contributed by atoms with Crippen molar-refractivity contribution < 1.29 is 4.79 Å². The second kappa shape index (κ2) is 8.38. The molecule has 7 nitrogen and oxygen atoms in total. The Kier molecular flexibility index (Phi) is 6.12. The minimum Gasteiger partial charge on any atom is -0.315 e. The van der Waals surface area contributed by atoms with Crippen LogP contribution in [-0.4, -0.2) is 39.0 Å². The Hall–Kier alpha value is -2.29. The number of benzene rings is 1. The number of hydrogen-bond acceptors (Lipinski definition) is 6. The first-order valence-corrected chi connectivity index (χ1v) is 9.74. The van der Waals surface area contributed by atoms with Gasteiger partial charge in [-0.25, -0.2) is 0 Å². The molecule has 1 aliphatic heterocycles. The lowest BCUT2D eigenvalue weighted by atomic mass is 9.90. The van der Waals surface area contributed by atoms with Crippen LogP contribution in [0.1, 0.15) is 22.6 Å². The highest BCUT2D eigenvalue weighted by Gasteiger charge is 2.35. The molecule has 2 aromatic heterocycles. The van der Waals surface area contributed by atoms with Crippen LogP contribution in [0.15, 0.2) is 30.6 Å². The van der Waals surface area contributed by atoms with E-state index in [2.05, 4.69) is 58.0 Å². The number of rotatable bonds is 4. The lowest BCUT2D eigenvalue weighted by Crippen LogP contribution is -2.28. The molecule has 4 rings (SSSR count). The highest BCUT2D eigenvalue weighted by atomic mass is 35.5. The van der Waals surface area contributed by atoms with Crippen molar-refractivity contribution in [2.75, 3.05) is 18.4 Å². The van der Waals surface area contributed by atoms with Gasteiger partial charge in [0.25, 0.3) is 0 Å². The third-order valence-electron chi connectivity index (χ3n) is 4.97. The van der Waals surface area contributed by atoms with Crippen LogP contribution in [0.5, 0.6) is 0 Å². The molecule has 148 valence electrons. The van der Waals surface area contributed by atoms with E-state index in [1.165, 1.54) is 16.9 Å². The van der Waals surface area contributed by atoms with E-state index < -0.39 is 0 Å². The van der Waals surface area contributed by atoms with Crippen LogP contribution in [-0.2, 0) is 11.8 Å². The number of anilines is 1. The molecule has 2 N–H and O–H groups in total. The van der Waals surface area contributed by atoms with Crippen LogP contribution in [0.3, 0.4) is 0 Å². The summed E-state index contributed by atoms with van der Waals surface area (Å²) in [5, 5.41) is 20.3. The molecule has 1 aliphatic rings. The zero-order valence-electron chi connectivity index (χ0n) is 16.0. The van der Waals surface area contributed by atoms with Gasteiger partial charge in [-0.15, -0.1) is 22.6 Å². The largest absolute Gasteiger partial charge is 0.315 e. The number of carbonyl (C=O) groups excluding carboxylic acids is 1. The van der Waals surface area contributed by atoms with E-state index in [1.54, 1.807) is 4.68 Å². The molecule has 2 atom stereocenters. The predicted octanol–water partition coefficient (Wildman–Crippen LogP) is 2.92. The van der Waals surface area contributed by atoms with Gasteiger partial charge in [-0.1, -0.05) is 35.1 Å². The third-order valence-corrected chi connectivity index (χ3v) is 5.84. The Morgan fingerprint density at radius 2 is 2.11 bits per heavy atom. The lowest BCUT2D eigenvalue weighted by molar-refractivity contribution is -0.119. The molecule has 0 spiro atoms. The molecular weight excluding hydrogens is 396 g/mol. The number of amides is 1. The van der Waals surface area contributed by atoms with Crippen molar-refractivity contribution >= 4 is 34.8 Å². The molecule has 0 saturated carbocycles. The second-order valence-electron chi connectivity index (χ2n) is 7.04. The summed E-state index contributed by atoms with van der Waals surface area (Å²) in [5.41, 5.74) is 4.50. The fourth-order valence-electron chi connectivity index (χ4n) is 3.57. The average Bonchev–Trinajstić information content (AvgIpc) is 3.35. The van der Waals surface area contributed by atoms with Gasteiger partial charge in [-0.05, 0) is 25.0 Å². The minimum absolute atomic E-state index is 0. The third kappa shape index (κ3) is 4.09. The van der Waals surface area contributed by atoms with Crippen molar-refractivity contribution in [2.45, 2.75) is 19.8 Å². The number of hydrogen-bond donors (Lipinski definition) is 2. The van der Waals surface area contributed by atoms with Gasteiger partial charge in [0, 0.05) is 37.8 Å². The van der Waals surface area contributed by atoms with Gasteiger partial charge < -0.3 is 10.6 Å². The summed E-state index contributed by atoms with van der Waals surface area (Å²) < 4.78 is 1.77. The first kappa shape index (κ1) is 20.4. The predicted molar refractivity (Wildman–Crippen MR) is 113 cm³/mol. The Labute approximate surface area is 174 Å². The molecule has 1 amide bonds. The smallest absolute Gasteiger partial charge is 0.231 e. The Balaban J connectivity index is 0.00000225. The molecule has 0 aliphatic carbocycles. The van der Waals surface area contributed by atoms with E-state index in [1.807, 2.05) is 19.4 Å². The molecule has 0 unspecified atom stereocenters.